The molecule has 0 radical (unpaired) electrons. The molecule has 2 N–H and O–H groups in total. The first-order chi connectivity index (χ1) is 8.27. The van der Waals surface area contributed by atoms with Crippen molar-refractivity contribution in [3.8, 4) is 0 Å². The molecule has 6 heteroatoms. The van der Waals surface area contributed by atoms with Crippen LogP contribution in [0.15, 0.2) is 0 Å². The van der Waals surface area contributed by atoms with Crippen molar-refractivity contribution in [1.29, 1.82) is 0 Å². The van der Waals surface area contributed by atoms with E-state index in [-0.39, 0.29) is 11.9 Å². The van der Waals surface area contributed by atoms with Crippen molar-refractivity contribution >= 4 is 5.91 Å². The fourth-order valence-corrected chi connectivity index (χ4v) is 2.16. The van der Waals surface area contributed by atoms with E-state index in [1.165, 1.54) is 0 Å². The number of carbonyl (C=O) groups is 1. The molecule has 17 heavy (non-hydrogen) atoms. The zero-order valence-corrected chi connectivity index (χ0v) is 10.4. The van der Waals surface area contributed by atoms with Gasteiger partial charge in [0, 0.05) is 39.3 Å². The van der Waals surface area contributed by atoms with E-state index < -0.39 is 0 Å². The third-order valence-electron chi connectivity index (χ3n) is 3.36. The quantitative estimate of drug-likeness (QED) is 0.640. The normalized spacial score (nSPS) is 25.5. The molecule has 2 saturated heterocycles. The number of piperazine rings is 1. The van der Waals surface area contributed by atoms with E-state index in [4.69, 9.17) is 4.74 Å². The highest BCUT2D eigenvalue weighted by atomic mass is 16.5. The number of hydrogen-bond acceptors (Lipinski definition) is 5. The Morgan fingerprint density at radius 1 is 1.24 bits per heavy atom. The first-order valence-electron chi connectivity index (χ1n) is 6.35. The summed E-state index contributed by atoms with van der Waals surface area (Å²) in [5.74, 6) is 0.0915. The van der Waals surface area contributed by atoms with Crippen LogP contribution in [-0.2, 0) is 9.53 Å². The summed E-state index contributed by atoms with van der Waals surface area (Å²) in [6.07, 6.45) is 0. The van der Waals surface area contributed by atoms with Crippen LogP contribution in [0.3, 0.4) is 0 Å². The number of ether oxygens (including phenoxy) is 1. The number of carbonyl (C=O) groups excluding carboxylic acids is 1. The van der Waals surface area contributed by atoms with Gasteiger partial charge in [0.15, 0.2) is 0 Å². The third-order valence-corrected chi connectivity index (χ3v) is 3.36. The van der Waals surface area contributed by atoms with Crippen LogP contribution < -0.4 is 10.7 Å². The lowest BCUT2D eigenvalue weighted by molar-refractivity contribution is -0.133. The zero-order chi connectivity index (χ0) is 12.1. The molecular weight excluding hydrogens is 220 g/mol. The fraction of sp³-hybridized carbons (Fsp3) is 0.909. The highest BCUT2D eigenvalue weighted by molar-refractivity contribution is 5.80. The van der Waals surface area contributed by atoms with Crippen molar-refractivity contribution < 1.29 is 9.53 Å². The largest absolute Gasteiger partial charge is 0.379 e. The molecule has 0 aromatic rings. The third kappa shape index (κ3) is 3.64. The number of nitrogens with one attached hydrogen (secondary N) is 2. The van der Waals surface area contributed by atoms with Gasteiger partial charge in [0.05, 0.1) is 19.3 Å². The number of morpholine rings is 1. The minimum Gasteiger partial charge on any atom is -0.379 e. The van der Waals surface area contributed by atoms with Gasteiger partial charge in [-0.15, -0.1) is 0 Å². The van der Waals surface area contributed by atoms with Crippen LogP contribution in [0, 0.1) is 0 Å². The Hall–Kier alpha value is -0.690. The van der Waals surface area contributed by atoms with Gasteiger partial charge in [0.25, 0.3) is 5.91 Å². The first kappa shape index (κ1) is 12.8. The number of hydrogen-bond donors (Lipinski definition) is 2. The predicted octanol–water partition coefficient (Wildman–Crippen LogP) is -1.36. The van der Waals surface area contributed by atoms with Crippen LogP contribution in [0.1, 0.15) is 6.92 Å². The minimum absolute atomic E-state index is 0.0556. The summed E-state index contributed by atoms with van der Waals surface area (Å²) in [6.45, 7) is 8.74. The topological polar surface area (TPSA) is 56.8 Å². The summed E-state index contributed by atoms with van der Waals surface area (Å²) in [6, 6.07) is -0.0556. The molecule has 98 valence electrons. The molecule has 0 aromatic heterocycles. The molecule has 0 spiro atoms. The van der Waals surface area contributed by atoms with E-state index in [2.05, 4.69) is 15.6 Å². The molecule has 6 nitrogen and oxygen atoms in total. The van der Waals surface area contributed by atoms with Crippen LogP contribution in [-0.4, -0.2) is 74.3 Å². The summed E-state index contributed by atoms with van der Waals surface area (Å²) >= 11 is 0. The van der Waals surface area contributed by atoms with Gasteiger partial charge in [-0.25, -0.2) is 5.01 Å². The average molecular weight is 242 g/mol. The number of nitrogens with zero attached hydrogens (tertiary/aromatic N) is 2. The van der Waals surface area contributed by atoms with Gasteiger partial charge >= 0.3 is 0 Å². The Morgan fingerprint density at radius 3 is 2.53 bits per heavy atom. The lowest BCUT2D eigenvalue weighted by Gasteiger charge is -2.34. The maximum absolute atomic E-state index is 12.1. The van der Waals surface area contributed by atoms with Crippen LogP contribution in [0.5, 0.6) is 0 Å². The van der Waals surface area contributed by atoms with Gasteiger partial charge in [0.2, 0.25) is 0 Å². The van der Waals surface area contributed by atoms with Crippen LogP contribution >= 0.6 is 0 Å². The van der Waals surface area contributed by atoms with Crippen molar-refractivity contribution in [2.75, 3.05) is 52.5 Å². The van der Waals surface area contributed by atoms with E-state index in [0.29, 0.717) is 13.2 Å². The van der Waals surface area contributed by atoms with E-state index >= 15 is 0 Å². The Morgan fingerprint density at radius 2 is 1.88 bits per heavy atom. The van der Waals surface area contributed by atoms with Crippen molar-refractivity contribution in [2.45, 2.75) is 13.0 Å². The molecule has 0 saturated carbocycles. The molecule has 0 bridgehead atoms. The molecule has 2 aliphatic rings. The minimum atomic E-state index is -0.0556. The Kier molecular flexibility index (Phi) is 4.73. The van der Waals surface area contributed by atoms with Crippen molar-refractivity contribution in [3.05, 3.63) is 0 Å². The van der Waals surface area contributed by atoms with Crippen molar-refractivity contribution in [3.63, 3.8) is 0 Å². The molecule has 1 amide bonds. The van der Waals surface area contributed by atoms with Gasteiger partial charge in [-0.05, 0) is 6.92 Å². The molecule has 2 aliphatic heterocycles. The van der Waals surface area contributed by atoms with Gasteiger partial charge in [-0.2, -0.15) is 0 Å². The summed E-state index contributed by atoms with van der Waals surface area (Å²) in [5.41, 5.74) is 2.97. The van der Waals surface area contributed by atoms with Crippen LogP contribution in [0.4, 0.5) is 0 Å². The molecule has 1 unspecified atom stereocenters. The van der Waals surface area contributed by atoms with Crippen molar-refractivity contribution in [1.82, 2.24) is 20.7 Å². The Bertz CT molecular complexity index is 250. The standard InChI is InChI=1S/C11H22N4O2/c1-10(14-4-2-12-3-5-14)11(16)13-15-6-8-17-9-7-15/h10,12H,2-9H2,1H3,(H,13,16). The maximum atomic E-state index is 12.1. The lowest BCUT2D eigenvalue weighted by atomic mass is 10.2. The number of rotatable bonds is 3. The Labute approximate surface area is 102 Å². The predicted molar refractivity (Wildman–Crippen MR) is 64.4 cm³/mol. The SMILES string of the molecule is CC(C(=O)NN1CCOCC1)N1CCNCC1. The highest BCUT2D eigenvalue weighted by Gasteiger charge is 2.24. The first-order valence-corrected chi connectivity index (χ1v) is 6.35. The van der Waals surface area contributed by atoms with E-state index in [1.807, 2.05) is 11.9 Å². The van der Waals surface area contributed by atoms with Crippen LogP contribution in [0.25, 0.3) is 0 Å². The highest BCUT2D eigenvalue weighted by Crippen LogP contribution is 2.02. The van der Waals surface area contributed by atoms with Gasteiger partial charge < -0.3 is 10.1 Å². The second kappa shape index (κ2) is 6.30. The number of amides is 1. The summed E-state index contributed by atoms with van der Waals surface area (Å²) in [5, 5.41) is 5.24. The maximum Gasteiger partial charge on any atom is 0.251 e. The number of hydrazine groups is 1. The lowest BCUT2D eigenvalue weighted by Crippen LogP contribution is -2.57. The van der Waals surface area contributed by atoms with Crippen LogP contribution in [0.2, 0.25) is 0 Å². The smallest absolute Gasteiger partial charge is 0.251 e. The van der Waals surface area contributed by atoms with E-state index in [9.17, 15) is 4.79 Å². The summed E-state index contributed by atoms with van der Waals surface area (Å²) in [4.78, 5) is 14.3. The molecule has 0 aliphatic carbocycles. The van der Waals surface area contributed by atoms with Gasteiger partial charge in [0.1, 0.15) is 0 Å². The van der Waals surface area contributed by atoms with E-state index in [0.717, 1.165) is 39.3 Å². The average Bonchev–Trinajstić information content (AvgIpc) is 2.40. The summed E-state index contributed by atoms with van der Waals surface area (Å²) < 4.78 is 5.25. The summed E-state index contributed by atoms with van der Waals surface area (Å²) in [7, 11) is 0. The molecule has 2 heterocycles. The van der Waals surface area contributed by atoms with Gasteiger partial charge in [-0.1, -0.05) is 0 Å². The molecule has 2 rings (SSSR count). The van der Waals surface area contributed by atoms with Gasteiger partial charge in [-0.3, -0.25) is 15.1 Å². The molecule has 2 fully saturated rings. The zero-order valence-electron chi connectivity index (χ0n) is 10.4. The monoisotopic (exact) mass is 242 g/mol. The van der Waals surface area contributed by atoms with E-state index in [1.54, 1.807) is 0 Å². The molecule has 1 atom stereocenters. The fourth-order valence-electron chi connectivity index (χ4n) is 2.16. The molecular formula is C11H22N4O2. The second-order valence-corrected chi connectivity index (χ2v) is 4.54. The second-order valence-electron chi connectivity index (χ2n) is 4.54. The van der Waals surface area contributed by atoms with Crippen molar-refractivity contribution in [2.24, 2.45) is 0 Å². The molecule has 0 aromatic carbocycles. The Balaban J connectivity index is 1.77.